The SMILES string of the molecule is CC1Cc2ccccc2N1CC(=O)Nc1cccc(Cl)c1. The number of halogens is 1. The molecule has 108 valence electrons. The van der Waals surface area contributed by atoms with Gasteiger partial charge in [0.1, 0.15) is 0 Å². The number of carbonyl (C=O) groups excluding carboxylic acids is 1. The van der Waals surface area contributed by atoms with Crippen molar-refractivity contribution in [3.05, 3.63) is 59.1 Å². The van der Waals surface area contributed by atoms with Gasteiger partial charge in [0.2, 0.25) is 5.91 Å². The van der Waals surface area contributed by atoms with E-state index in [1.165, 1.54) is 5.56 Å². The van der Waals surface area contributed by atoms with E-state index in [1.807, 2.05) is 24.3 Å². The van der Waals surface area contributed by atoms with Crippen molar-refractivity contribution in [1.29, 1.82) is 0 Å². The number of anilines is 2. The Hall–Kier alpha value is -2.00. The number of fused-ring (bicyclic) bond motifs is 1. The maximum atomic E-state index is 12.2. The highest BCUT2D eigenvalue weighted by atomic mass is 35.5. The molecular formula is C17H17ClN2O. The Kier molecular flexibility index (Phi) is 3.84. The summed E-state index contributed by atoms with van der Waals surface area (Å²) in [6.07, 6.45) is 0.987. The third-order valence-corrected chi connectivity index (χ3v) is 4.01. The Morgan fingerprint density at radius 2 is 2.10 bits per heavy atom. The third kappa shape index (κ3) is 3.03. The van der Waals surface area contributed by atoms with Gasteiger partial charge in [0.15, 0.2) is 0 Å². The van der Waals surface area contributed by atoms with Crippen molar-refractivity contribution in [3.8, 4) is 0 Å². The van der Waals surface area contributed by atoms with Gasteiger partial charge in [-0.15, -0.1) is 0 Å². The predicted octanol–water partition coefficient (Wildman–Crippen LogP) is 3.73. The molecule has 3 rings (SSSR count). The Morgan fingerprint density at radius 1 is 1.29 bits per heavy atom. The quantitative estimate of drug-likeness (QED) is 0.937. The molecule has 1 aliphatic rings. The van der Waals surface area contributed by atoms with Gasteiger partial charge < -0.3 is 10.2 Å². The molecule has 1 atom stereocenters. The largest absolute Gasteiger partial charge is 0.359 e. The Bertz CT molecular complexity index is 671. The summed E-state index contributed by atoms with van der Waals surface area (Å²) in [4.78, 5) is 14.4. The van der Waals surface area contributed by atoms with Crippen molar-refractivity contribution in [3.63, 3.8) is 0 Å². The first-order valence-corrected chi connectivity index (χ1v) is 7.41. The Labute approximate surface area is 129 Å². The zero-order valence-corrected chi connectivity index (χ0v) is 12.6. The van der Waals surface area contributed by atoms with E-state index in [0.717, 1.165) is 17.8 Å². The monoisotopic (exact) mass is 300 g/mol. The van der Waals surface area contributed by atoms with Crippen molar-refractivity contribution < 1.29 is 4.79 Å². The maximum absolute atomic E-state index is 12.2. The molecule has 0 saturated carbocycles. The highest BCUT2D eigenvalue weighted by Gasteiger charge is 2.26. The van der Waals surface area contributed by atoms with Crippen LogP contribution in [-0.4, -0.2) is 18.5 Å². The molecule has 2 aromatic rings. The standard InChI is InChI=1S/C17H17ClN2O/c1-12-9-13-5-2-3-8-16(13)20(12)11-17(21)19-15-7-4-6-14(18)10-15/h2-8,10,12H,9,11H2,1H3,(H,19,21). The van der Waals surface area contributed by atoms with Crippen LogP contribution < -0.4 is 10.2 Å². The van der Waals surface area contributed by atoms with Gasteiger partial charge in [-0.2, -0.15) is 0 Å². The number of carbonyl (C=O) groups is 1. The molecule has 1 heterocycles. The van der Waals surface area contributed by atoms with Crippen LogP contribution in [-0.2, 0) is 11.2 Å². The first-order chi connectivity index (χ1) is 10.1. The zero-order valence-electron chi connectivity index (χ0n) is 11.8. The van der Waals surface area contributed by atoms with E-state index < -0.39 is 0 Å². The average Bonchev–Trinajstić information content (AvgIpc) is 2.75. The van der Waals surface area contributed by atoms with E-state index in [2.05, 4.69) is 29.3 Å². The molecule has 1 unspecified atom stereocenters. The number of hydrogen-bond acceptors (Lipinski definition) is 2. The van der Waals surface area contributed by atoms with E-state index in [4.69, 9.17) is 11.6 Å². The van der Waals surface area contributed by atoms with Gasteiger partial charge in [0.05, 0.1) is 6.54 Å². The van der Waals surface area contributed by atoms with Gasteiger partial charge >= 0.3 is 0 Å². The molecule has 1 aliphatic heterocycles. The smallest absolute Gasteiger partial charge is 0.243 e. The number of rotatable bonds is 3. The van der Waals surface area contributed by atoms with Crippen LogP contribution in [0.15, 0.2) is 48.5 Å². The van der Waals surface area contributed by atoms with Gasteiger partial charge in [0.25, 0.3) is 0 Å². The summed E-state index contributed by atoms with van der Waals surface area (Å²) in [6, 6.07) is 15.8. The zero-order chi connectivity index (χ0) is 14.8. The van der Waals surface area contributed by atoms with E-state index in [-0.39, 0.29) is 5.91 Å². The second-order valence-corrected chi connectivity index (χ2v) is 5.80. The molecule has 0 bridgehead atoms. The van der Waals surface area contributed by atoms with Crippen LogP contribution >= 0.6 is 11.6 Å². The van der Waals surface area contributed by atoms with Crippen LogP contribution in [0.4, 0.5) is 11.4 Å². The maximum Gasteiger partial charge on any atom is 0.243 e. The van der Waals surface area contributed by atoms with Crippen LogP contribution in [0.2, 0.25) is 5.02 Å². The van der Waals surface area contributed by atoms with E-state index in [9.17, 15) is 4.79 Å². The first-order valence-electron chi connectivity index (χ1n) is 7.03. The average molecular weight is 301 g/mol. The number of hydrogen-bond donors (Lipinski definition) is 1. The van der Waals surface area contributed by atoms with Crippen molar-refractivity contribution >= 4 is 28.9 Å². The van der Waals surface area contributed by atoms with Crippen molar-refractivity contribution in [1.82, 2.24) is 0 Å². The molecule has 1 N–H and O–H groups in total. The summed E-state index contributed by atoms with van der Waals surface area (Å²) < 4.78 is 0. The van der Waals surface area contributed by atoms with Crippen LogP contribution in [0.1, 0.15) is 12.5 Å². The van der Waals surface area contributed by atoms with E-state index >= 15 is 0 Å². The summed E-state index contributed by atoms with van der Waals surface area (Å²) in [5.41, 5.74) is 3.19. The van der Waals surface area contributed by atoms with Gasteiger partial charge in [-0.05, 0) is 43.2 Å². The van der Waals surface area contributed by atoms with Crippen molar-refractivity contribution in [2.24, 2.45) is 0 Å². The fourth-order valence-corrected chi connectivity index (χ4v) is 2.98. The number of para-hydroxylation sites is 1. The number of nitrogens with zero attached hydrogens (tertiary/aromatic N) is 1. The molecule has 0 aliphatic carbocycles. The summed E-state index contributed by atoms with van der Waals surface area (Å²) in [5.74, 6) is -0.0270. The molecule has 0 radical (unpaired) electrons. The fourth-order valence-electron chi connectivity index (χ4n) is 2.79. The van der Waals surface area contributed by atoms with E-state index in [1.54, 1.807) is 12.1 Å². The topological polar surface area (TPSA) is 32.3 Å². The lowest BCUT2D eigenvalue weighted by molar-refractivity contribution is -0.115. The minimum Gasteiger partial charge on any atom is -0.359 e. The minimum atomic E-state index is -0.0270. The molecule has 0 spiro atoms. The van der Waals surface area contributed by atoms with Gasteiger partial charge in [-0.3, -0.25) is 4.79 Å². The van der Waals surface area contributed by atoms with Gasteiger partial charge in [-0.25, -0.2) is 0 Å². The molecule has 2 aromatic carbocycles. The first kappa shape index (κ1) is 14.0. The molecule has 0 fully saturated rings. The molecule has 4 heteroatoms. The summed E-state index contributed by atoms with van der Waals surface area (Å²) in [7, 11) is 0. The molecule has 3 nitrogen and oxygen atoms in total. The van der Waals surface area contributed by atoms with E-state index in [0.29, 0.717) is 17.6 Å². The molecule has 0 saturated heterocycles. The molecule has 21 heavy (non-hydrogen) atoms. The number of benzene rings is 2. The van der Waals surface area contributed by atoms with Crippen molar-refractivity contribution in [2.75, 3.05) is 16.8 Å². The third-order valence-electron chi connectivity index (χ3n) is 3.77. The molecule has 1 amide bonds. The fraction of sp³-hybridized carbons (Fsp3) is 0.235. The minimum absolute atomic E-state index is 0.0270. The molecule has 0 aromatic heterocycles. The summed E-state index contributed by atoms with van der Waals surface area (Å²) >= 11 is 5.93. The second kappa shape index (κ2) is 5.78. The Morgan fingerprint density at radius 3 is 2.90 bits per heavy atom. The lowest BCUT2D eigenvalue weighted by atomic mass is 10.1. The summed E-state index contributed by atoms with van der Waals surface area (Å²) in [6.45, 7) is 2.50. The second-order valence-electron chi connectivity index (χ2n) is 5.37. The number of amides is 1. The molecular weight excluding hydrogens is 284 g/mol. The highest BCUT2D eigenvalue weighted by Crippen LogP contribution is 2.31. The van der Waals surface area contributed by atoms with Crippen LogP contribution in [0.25, 0.3) is 0 Å². The van der Waals surface area contributed by atoms with Gasteiger partial charge in [0, 0.05) is 22.4 Å². The normalized spacial score (nSPS) is 16.7. The Balaban J connectivity index is 1.70. The highest BCUT2D eigenvalue weighted by molar-refractivity contribution is 6.30. The van der Waals surface area contributed by atoms with Gasteiger partial charge in [-0.1, -0.05) is 35.9 Å². The number of nitrogens with one attached hydrogen (secondary N) is 1. The predicted molar refractivity (Wildman–Crippen MR) is 87.0 cm³/mol. The summed E-state index contributed by atoms with van der Waals surface area (Å²) in [5, 5.41) is 3.51. The lowest BCUT2D eigenvalue weighted by Gasteiger charge is -2.24. The van der Waals surface area contributed by atoms with Crippen molar-refractivity contribution in [2.45, 2.75) is 19.4 Å². The van der Waals surface area contributed by atoms with Crippen LogP contribution in [0.5, 0.6) is 0 Å². The lowest BCUT2D eigenvalue weighted by Crippen LogP contribution is -2.37. The van der Waals surface area contributed by atoms with Crippen LogP contribution in [0, 0.1) is 0 Å². The van der Waals surface area contributed by atoms with Crippen LogP contribution in [0.3, 0.4) is 0 Å².